The normalized spacial score (nSPS) is 17.2. The number of likely N-dealkylation sites (tertiary alicyclic amines) is 1. The van der Waals surface area contributed by atoms with E-state index < -0.39 is 0 Å². The van der Waals surface area contributed by atoms with E-state index in [1.54, 1.807) is 7.05 Å². The summed E-state index contributed by atoms with van der Waals surface area (Å²) >= 11 is 0. The molecule has 2 rings (SSSR count). The van der Waals surface area contributed by atoms with Crippen LogP contribution in [0, 0.1) is 0 Å². The molecule has 0 bridgehead atoms. The summed E-state index contributed by atoms with van der Waals surface area (Å²) < 4.78 is 2.07. The number of nitrogens with one attached hydrogen (secondary N) is 1. The molecule has 0 amide bonds. The van der Waals surface area contributed by atoms with Crippen molar-refractivity contribution in [2.45, 2.75) is 25.5 Å². The molecular formula is C14H26N6O. The molecule has 0 atom stereocenters. The highest BCUT2D eigenvalue weighted by atomic mass is 16.3. The SMILES string of the molecule is CN=C(NCc1cnc(N(C)C)n1C)N1CCC(O)CC1. The Kier molecular flexibility index (Phi) is 5.06. The highest BCUT2D eigenvalue weighted by molar-refractivity contribution is 5.79. The molecule has 0 radical (unpaired) electrons. The third kappa shape index (κ3) is 3.66. The van der Waals surface area contributed by atoms with Gasteiger partial charge in [0.1, 0.15) is 0 Å². The molecule has 1 aliphatic heterocycles. The van der Waals surface area contributed by atoms with E-state index in [4.69, 9.17) is 0 Å². The number of aliphatic hydroxyl groups excluding tert-OH is 1. The van der Waals surface area contributed by atoms with Crippen molar-refractivity contribution in [2.75, 3.05) is 39.1 Å². The molecule has 1 aliphatic rings. The van der Waals surface area contributed by atoms with Crippen LogP contribution in [0.25, 0.3) is 0 Å². The highest BCUT2D eigenvalue weighted by Crippen LogP contribution is 2.12. The topological polar surface area (TPSA) is 68.9 Å². The van der Waals surface area contributed by atoms with Gasteiger partial charge in [-0.1, -0.05) is 0 Å². The number of aliphatic imine (C=N–C) groups is 1. The van der Waals surface area contributed by atoms with Crippen LogP contribution in [0.1, 0.15) is 18.5 Å². The molecule has 0 saturated carbocycles. The first-order valence-corrected chi connectivity index (χ1v) is 7.34. The molecule has 118 valence electrons. The average molecular weight is 294 g/mol. The Morgan fingerprint density at radius 3 is 2.67 bits per heavy atom. The van der Waals surface area contributed by atoms with Crippen molar-refractivity contribution < 1.29 is 5.11 Å². The van der Waals surface area contributed by atoms with E-state index in [1.165, 1.54) is 0 Å². The highest BCUT2D eigenvalue weighted by Gasteiger charge is 2.19. The second kappa shape index (κ2) is 6.80. The molecule has 21 heavy (non-hydrogen) atoms. The quantitative estimate of drug-likeness (QED) is 0.607. The largest absolute Gasteiger partial charge is 0.393 e. The lowest BCUT2D eigenvalue weighted by Crippen LogP contribution is -2.46. The fraction of sp³-hybridized carbons (Fsp3) is 0.714. The first-order valence-electron chi connectivity index (χ1n) is 7.34. The van der Waals surface area contributed by atoms with Crippen LogP contribution in [0.3, 0.4) is 0 Å². The molecule has 0 unspecified atom stereocenters. The van der Waals surface area contributed by atoms with Gasteiger partial charge in [0.2, 0.25) is 5.95 Å². The monoisotopic (exact) mass is 294 g/mol. The molecule has 1 aromatic heterocycles. The molecule has 1 fully saturated rings. The zero-order valence-electron chi connectivity index (χ0n) is 13.4. The molecule has 0 aromatic carbocycles. The van der Waals surface area contributed by atoms with E-state index in [2.05, 4.69) is 24.8 Å². The maximum atomic E-state index is 9.58. The van der Waals surface area contributed by atoms with Crippen LogP contribution in [0.15, 0.2) is 11.2 Å². The fourth-order valence-electron chi connectivity index (χ4n) is 2.59. The van der Waals surface area contributed by atoms with Gasteiger partial charge in [0.05, 0.1) is 24.5 Å². The van der Waals surface area contributed by atoms with Crippen molar-refractivity contribution in [3.05, 3.63) is 11.9 Å². The summed E-state index contributed by atoms with van der Waals surface area (Å²) in [7, 11) is 7.77. The Bertz CT molecular complexity index is 488. The van der Waals surface area contributed by atoms with Crippen LogP contribution < -0.4 is 10.2 Å². The van der Waals surface area contributed by atoms with Gasteiger partial charge < -0.3 is 24.8 Å². The molecule has 7 nitrogen and oxygen atoms in total. The van der Waals surface area contributed by atoms with Crippen molar-refractivity contribution >= 4 is 11.9 Å². The van der Waals surface area contributed by atoms with Gasteiger partial charge >= 0.3 is 0 Å². The van der Waals surface area contributed by atoms with Crippen molar-refractivity contribution in [3.8, 4) is 0 Å². The maximum absolute atomic E-state index is 9.58. The van der Waals surface area contributed by atoms with Gasteiger partial charge in [-0.15, -0.1) is 0 Å². The van der Waals surface area contributed by atoms with E-state index in [1.807, 2.05) is 32.2 Å². The van der Waals surface area contributed by atoms with Gasteiger partial charge in [0.15, 0.2) is 5.96 Å². The third-order valence-corrected chi connectivity index (χ3v) is 3.86. The number of anilines is 1. The van der Waals surface area contributed by atoms with Gasteiger partial charge in [-0.05, 0) is 12.8 Å². The van der Waals surface area contributed by atoms with Gasteiger partial charge in [0, 0.05) is 41.3 Å². The predicted molar refractivity (Wildman–Crippen MR) is 84.5 cm³/mol. The zero-order valence-corrected chi connectivity index (χ0v) is 13.4. The second-order valence-electron chi connectivity index (χ2n) is 5.62. The average Bonchev–Trinajstić information content (AvgIpc) is 2.83. The second-order valence-corrected chi connectivity index (χ2v) is 5.62. The van der Waals surface area contributed by atoms with Crippen LogP contribution in [0.5, 0.6) is 0 Å². The van der Waals surface area contributed by atoms with Gasteiger partial charge in [-0.2, -0.15) is 0 Å². The lowest BCUT2D eigenvalue weighted by Gasteiger charge is -2.32. The molecule has 2 heterocycles. The first-order chi connectivity index (χ1) is 10.0. The number of piperidine rings is 1. The number of hydrogen-bond acceptors (Lipinski definition) is 4. The minimum atomic E-state index is -0.168. The zero-order chi connectivity index (χ0) is 15.4. The number of rotatable bonds is 3. The van der Waals surface area contributed by atoms with E-state index in [0.29, 0.717) is 6.54 Å². The summed E-state index contributed by atoms with van der Waals surface area (Å²) in [6, 6.07) is 0. The summed E-state index contributed by atoms with van der Waals surface area (Å²) in [4.78, 5) is 12.9. The Morgan fingerprint density at radius 2 is 2.14 bits per heavy atom. The van der Waals surface area contributed by atoms with Crippen LogP contribution in [0.4, 0.5) is 5.95 Å². The van der Waals surface area contributed by atoms with E-state index in [-0.39, 0.29) is 6.10 Å². The molecule has 2 N–H and O–H groups in total. The molecule has 0 aliphatic carbocycles. The van der Waals surface area contributed by atoms with Gasteiger partial charge in [-0.25, -0.2) is 4.98 Å². The Morgan fingerprint density at radius 1 is 1.48 bits per heavy atom. The van der Waals surface area contributed by atoms with Crippen molar-refractivity contribution in [1.82, 2.24) is 19.8 Å². The number of aliphatic hydroxyl groups is 1. The van der Waals surface area contributed by atoms with Crippen LogP contribution in [-0.2, 0) is 13.6 Å². The fourth-order valence-corrected chi connectivity index (χ4v) is 2.59. The predicted octanol–water partition coefficient (Wildman–Crippen LogP) is 0.0182. The molecule has 7 heteroatoms. The van der Waals surface area contributed by atoms with Gasteiger partial charge in [0.25, 0.3) is 0 Å². The lowest BCUT2D eigenvalue weighted by molar-refractivity contribution is 0.108. The standard InChI is InChI=1S/C14H26N6O/c1-15-13(20-7-5-12(21)6-8-20)16-9-11-10-17-14(18(2)3)19(11)4/h10,12,21H,5-9H2,1-4H3,(H,15,16). The first kappa shape index (κ1) is 15.6. The Labute approximate surface area is 126 Å². The number of nitrogens with zero attached hydrogens (tertiary/aromatic N) is 5. The minimum absolute atomic E-state index is 0.168. The summed E-state index contributed by atoms with van der Waals surface area (Å²) in [5.41, 5.74) is 1.11. The van der Waals surface area contributed by atoms with Gasteiger partial charge in [-0.3, -0.25) is 4.99 Å². The van der Waals surface area contributed by atoms with E-state index >= 15 is 0 Å². The van der Waals surface area contributed by atoms with E-state index in [0.717, 1.165) is 43.5 Å². The number of hydrogen-bond donors (Lipinski definition) is 2. The number of guanidine groups is 1. The Balaban J connectivity index is 1.95. The summed E-state index contributed by atoms with van der Waals surface area (Å²) in [6.07, 6.45) is 3.32. The Hall–Kier alpha value is -1.76. The maximum Gasteiger partial charge on any atom is 0.204 e. The molecule has 1 saturated heterocycles. The minimum Gasteiger partial charge on any atom is -0.393 e. The lowest BCUT2D eigenvalue weighted by atomic mass is 10.1. The molecule has 0 spiro atoms. The number of imidazole rings is 1. The van der Waals surface area contributed by atoms with Crippen molar-refractivity contribution in [1.29, 1.82) is 0 Å². The summed E-state index contributed by atoms with van der Waals surface area (Å²) in [5.74, 6) is 1.82. The molecule has 1 aromatic rings. The van der Waals surface area contributed by atoms with Crippen LogP contribution >= 0.6 is 0 Å². The smallest absolute Gasteiger partial charge is 0.204 e. The number of aromatic nitrogens is 2. The van der Waals surface area contributed by atoms with Crippen molar-refractivity contribution in [3.63, 3.8) is 0 Å². The molecular weight excluding hydrogens is 268 g/mol. The van der Waals surface area contributed by atoms with Crippen LogP contribution in [-0.4, -0.2) is 65.9 Å². The third-order valence-electron chi connectivity index (χ3n) is 3.86. The summed E-state index contributed by atoms with van der Waals surface area (Å²) in [5, 5.41) is 13.0. The van der Waals surface area contributed by atoms with E-state index in [9.17, 15) is 5.11 Å². The van der Waals surface area contributed by atoms with Crippen molar-refractivity contribution in [2.24, 2.45) is 12.0 Å². The summed E-state index contributed by atoms with van der Waals surface area (Å²) in [6.45, 7) is 2.37. The van der Waals surface area contributed by atoms with Crippen LogP contribution in [0.2, 0.25) is 0 Å².